The molecule has 1 saturated carbocycles. The highest BCUT2D eigenvalue weighted by molar-refractivity contribution is 14.0. The summed E-state index contributed by atoms with van der Waals surface area (Å²) >= 11 is 1.80. The number of nitrogens with one attached hydrogen (secondary N) is 2. The Labute approximate surface area is 167 Å². The second-order valence-electron chi connectivity index (χ2n) is 6.05. The highest BCUT2D eigenvalue weighted by Crippen LogP contribution is 2.25. The molecule has 0 aliphatic heterocycles. The minimum absolute atomic E-state index is 0. The minimum Gasteiger partial charge on any atom is -0.357 e. The van der Waals surface area contributed by atoms with Gasteiger partial charge in [0.2, 0.25) is 0 Å². The molecule has 5 nitrogen and oxygen atoms in total. The Morgan fingerprint density at radius 1 is 1.29 bits per heavy atom. The zero-order chi connectivity index (χ0) is 16.7. The normalized spacial score (nSPS) is 14.6. The van der Waals surface area contributed by atoms with Crippen molar-refractivity contribution in [2.24, 2.45) is 4.99 Å². The molecule has 0 atom stereocenters. The largest absolute Gasteiger partial charge is 0.357 e. The molecule has 2 N–H and O–H groups in total. The first-order valence-corrected chi connectivity index (χ1v) is 9.64. The third-order valence-electron chi connectivity index (χ3n) is 4.17. The van der Waals surface area contributed by atoms with E-state index in [9.17, 15) is 0 Å². The van der Waals surface area contributed by atoms with Gasteiger partial charge < -0.3 is 10.6 Å². The van der Waals surface area contributed by atoms with E-state index in [0.29, 0.717) is 0 Å². The van der Waals surface area contributed by atoms with Crippen molar-refractivity contribution in [2.75, 3.05) is 32.7 Å². The topological polar surface area (TPSA) is 52.6 Å². The fourth-order valence-electron chi connectivity index (χ4n) is 2.60. The van der Waals surface area contributed by atoms with Crippen LogP contribution < -0.4 is 10.6 Å². The van der Waals surface area contributed by atoms with E-state index in [1.165, 1.54) is 22.7 Å². The van der Waals surface area contributed by atoms with Gasteiger partial charge >= 0.3 is 0 Å². The molecule has 1 heterocycles. The first-order chi connectivity index (χ1) is 11.1. The molecule has 1 fully saturated rings. The first-order valence-electron chi connectivity index (χ1n) is 8.83. The zero-order valence-electron chi connectivity index (χ0n) is 15.4. The van der Waals surface area contributed by atoms with Crippen LogP contribution in [0.3, 0.4) is 0 Å². The van der Waals surface area contributed by atoms with Crippen LogP contribution >= 0.6 is 35.3 Å². The molecule has 1 aliphatic carbocycles. The quantitative estimate of drug-likeness (QED) is 0.335. The van der Waals surface area contributed by atoms with Crippen molar-refractivity contribution in [3.8, 4) is 0 Å². The first kappa shape index (κ1) is 21.6. The Morgan fingerprint density at radius 3 is 2.58 bits per heavy atom. The molecule has 0 amide bonds. The Morgan fingerprint density at radius 2 is 2.04 bits per heavy atom. The van der Waals surface area contributed by atoms with E-state index in [1.807, 2.05) is 0 Å². The van der Waals surface area contributed by atoms with Crippen LogP contribution in [0.5, 0.6) is 0 Å². The van der Waals surface area contributed by atoms with Gasteiger partial charge in [-0.1, -0.05) is 6.92 Å². The van der Waals surface area contributed by atoms with Crippen molar-refractivity contribution >= 4 is 41.3 Å². The molecular weight excluding hydrogens is 433 g/mol. The van der Waals surface area contributed by atoms with Crippen LogP contribution in [0, 0.1) is 13.8 Å². The van der Waals surface area contributed by atoms with Gasteiger partial charge in [0, 0.05) is 37.0 Å². The van der Waals surface area contributed by atoms with Crippen molar-refractivity contribution in [1.82, 2.24) is 20.5 Å². The van der Waals surface area contributed by atoms with Crippen LogP contribution in [0.4, 0.5) is 0 Å². The van der Waals surface area contributed by atoms with E-state index in [0.717, 1.165) is 56.8 Å². The van der Waals surface area contributed by atoms with Gasteiger partial charge in [0.25, 0.3) is 0 Å². The van der Waals surface area contributed by atoms with E-state index in [2.05, 4.69) is 48.2 Å². The number of halogens is 1. The monoisotopic (exact) mass is 465 g/mol. The van der Waals surface area contributed by atoms with Gasteiger partial charge in [-0.2, -0.15) is 0 Å². The number of hydrogen-bond donors (Lipinski definition) is 2. The van der Waals surface area contributed by atoms with E-state index >= 15 is 0 Å². The van der Waals surface area contributed by atoms with Crippen molar-refractivity contribution in [2.45, 2.75) is 53.0 Å². The van der Waals surface area contributed by atoms with E-state index < -0.39 is 0 Å². The van der Waals surface area contributed by atoms with E-state index in [4.69, 9.17) is 4.99 Å². The van der Waals surface area contributed by atoms with Crippen LogP contribution in [0.2, 0.25) is 0 Å². The molecule has 0 aromatic carbocycles. The minimum atomic E-state index is 0. The summed E-state index contributed by atoms with van der Waals surface area (Å²) in [5.41, 5.74) is 1.16. The highest BCUT2D eigenvalue weighted by Gasteiger charge is 2.27. The summed E-state index contributed by atoms with van der Waals surface area (Å²) < 4.78 is 0. The Bertz CT molecular complexity index is 494. The van der Waals surface area contributed by atoms with Crippen LogP contribution in [0.1, 0.15) is 42.3 Å². The fraction of sp³-hybridized carbons (Fsp3) is 0.765. The Balaban J connectivity index is 0.00000288. The lowest BCUT2D eigenvalue weighted by molar-refractivity contribution is 0.286. The maximum absolute atomic E-state index is 4.70. The lowest BCUT2D eigenvalue weighted by Gasteiger charge is -2.18. The molecule has 7 heteroatoms. The molecule has 0 radical (unpaired) electrons. The molecule has 1 aromatic rings. The zero-order valence-corrected chi connectivity index (χ0v) is 18.5. The number of nitrogens with zero attached hydrogens (tertiary/aromatic N) is 3. The molecule has 0 spiro atoms. The Kier molecular flexibility index (Phi) is 10.1. The summed E-state index contributed by atoms with van der Waals surface area (Å²) in [5.74, 6) is 0.921. The van der Waals surface area contributed by atoms with Crippen LogP contribution in [-0.4, -0.2) is 54.6 Å². The van der Waals surface area contributed by atoms with Gasteiger partial charge in [0.1, 0.15) is 0 Å². The van der Waals surface area contributed by atoms with Gasteiger partial charge in [-0.05, 0) is 40.2 Å². The average molecular weight is 465 g/mol. The maximum Gasteiger partial charge on any atom is 0.191 e. The fourth-order valence-corrected chi connectivity index (χ4v) is 3.54. The lowest BCUT2D eigenvalue weighted by atomic mass is 10.4. The smallest absolute Gasteiger partial charge is 0.191 e. The molecule has 0 saturated heterocycles. The predicted molar refractivity (Wildman–Crippen MR) is 115 cm³/mol. The maximum atomic E-state index is 4.70. The number of hydrogen-bond acceptors (Lipinski definition) is 4. The van der Waals surface area contributed by atoms with Gasteiger partial charge in [-0.3, -0.25) is 9.89 Å². The SMILES string of the molecule is CCNC(=NCCN(CC)C1CC1)NCCc1nc(C)c(C)s1.I. The summed E-state index contributed by atoms with van der Waals surface area (Å²) in [5, 5.41) is 7.95. The number of rotatable bonds is 9. The van der Waals surface area contributed by atoms with Crippen LogP contribution in [0.15, 0.2) is 4.99 Å². The molecule has 1 aromatic heterocycles. The third kappa shape index (κ3) is 7.23. The van der Waals surface area contributed by atoms with Crippen molar-refractivity contribution in [3.63, 3.8) is 0 Å². The van der Waals surface area contributed by atoms with Crippen molar-refractivity contribution in [1.29, 1.82) is 0 Å². The average Bonchev–Trinajstić information content (AvgIpc) is 3.31. The van der Waals surface area contributed by atoms with Crippen molar-refractivity contribution in [3.05, 3.63) is 15.6 Å². The van der Waals surface area contributed by atoms with Crippen LogP contribution in [0.25, 0.3) is 0 Å². The van der Waals surface area contributed by atoms with E-state index in [1.54, 1.807) is 11.3 Å². The van der Waals surface area contributed by atoms with Crippen LogP contribution in [-0.2, 0) is 6.42 Å². The Hall–Kier alpha value is -0.410. The number of aryl methyl sites for hydroxylation is 2. The van der Waals surface area contributed by atoms with Crippen molar-refractivity contribution < 1.29 is 0 Å². The number of aromatic nitrogens is 1. The molecule has 138 valence electrons. The summed E-state index contributed by atoms with van der Waals surface area (Å²) in [7, 11) is 0. The molecule has 0 unspecified atom stereocenters. The summed E-state index contributed by atoms with van der Waals surface area (Å²) in [4.78, 5) is 13.1. The number of guanidine groups is 1. The molecule has 24 heavy (non-hydrogen) atoms. The molecule has 2 rings (SSSR count). The number of likely N-dealkylation sites (N-methyl/N-ethyl adjacent to an activating group) is 1. The molecule has 0 bridgehead atoms. The standard InChI is InChI=1S/C17H31N5S.HI/c1-5-18-17(20-11-12-22(6-2)15-7-8-15)19-10-9-16-21-13(3)14(4)23-16;/h15H,5-12H2,1-4H3,(H2,18,19,20);1H. The second-order valence-corrected chi connectivity index (χ2v) is 7.33. The number of thiazole rings is 1. The van der Waals surface area contributed by atoms with Gasteiger partial charge in [-0.25, -0.2) is 4.98 Å². The predicted octanol–water partition coefficient (Wildman–Crippen LogP) is 2.96. The van der Waals surface area contributed by atoms with Gasteiger partial charge in [0.05, 0.1) is 17.2 Å². The van der Waals surface area contributed by atoms with E-state index in [-0.39, 0.29) is 24.0 Å². The summed E-state index contributed by atoms with van der Waals surface area (Å²) in [6.07, 6.45) is 3.68. The molecular formula is C17H32IN5S. The summed E-state index contributed by atoms with van der Waals surface area (Å²) in [6.45, 7) is 13.4. The molecule has 1 aliphatic rings. The van der Waals surface area contributed by atoms with Gasteiger partial charge in [-0.15, -0.1) is 35.3 Å². The summed E-state index contributed by atoms with van der Waals surface area (Å²) in [6, 6.07) is 0.821. The van der Waals surface area contributed by atoms with Gasteiger partial charge in [0.15, 0.2) is 5.96 Å². The number of aliphatic imine (C=N–C) groups is 1. The third-order valence-corrected chi connectivity index (χ3v) is 5.31. The second kappa shape index (κ2) is 11.3. The lowest BCUT2D eigenvalue weighted by Crippen LogP contribution is -2.39. The highest BCUT2D eigenvalue weighted by atomic mass is 127.